The van der Waals surface area contributed by atoms with Crippen molar-refractivity contribution < 1.29 is 17.9 Å². The topological polar surface area (TPSA) is 113 Å². The maximum atomic E-state index is 13.1. The molecule has 0 saturated carbocycles. The molecule has 2 heterocycles. The summed E-state index contributed by atoms with van der Waals surface area (Å²) in [4.78, 5) is 1.64. The first-order valence-corrected chi connectivity index (χ1v) is 10.2. The number of nitrogens with zero attached hydrogens (tertiary/aromatic N) is 6. The molecule has 0 N–H and O–H groups in total. The number of piperazine rings is 1. The van der Waals surface area contributed by atoms with Crippen molar-refractivity contribution in [1.29, 1.82) is 0 Å². The van der Waals surface area contributed by atoms with Crippen LogP contribution < -0.4 is 15.5 Å². The summed E-state index contributed by atoms with van der Waals surface area (Å²) in [5.74, 6) is -0.304. The summed E-state index contributed by atoms with van der Waals surface area (Å²) in [5.41, 5.74) is 0. The molecular formula is C18H16FN6O3S-. The van der Waals surface area contributed by atoms with Crippen molar-refractivity contribution in [2.24, 2.45) is 20.7 Å². The molecule has 1 saturated heterocycles. The summed E-state index contributed by atoms with van der Waals surface area (Å²) >= 11 is 0. The Hall–Kier alpha value is -3.18. The number of hydrogen-bond acceptors (Lipinski definition) is 8. The number of rotatable bonds is 3. The van der Waals surface area contributed by atoms with Crippen molar-refractivity contribution in [1.82, 2.24) is 9.21 Å². The lowest BCUT2D eigenvalue weighted by atomic mass is 10.2. The molecule has 2 aliphatic heterocycles. The first-order chi connectivity index (χ1) is 13.9. The smallest absolute Gasteiger partial charge is 0.243 e. The van der Waals surface area contributed by atoms with Crippen LogP contribution in [0.1, 0.15) is 0 Å². The second-order valence-corrected chi connectivity index (χ2v) is 8.37. The SMILES string of the molecule is O=S(=O)(c1ccc(F)cc1)N1CCN(C([O-])=c2ccc(=C3N=NN=N3)cc2)CC1. The Balaban J connectivity index is 1.50. The lowest BCUT2D eigenvalue weighted by Crippen LogP contribution is -2.50. The highest BCUT2D eigenvalue weighted by Crippen LogP contribution is 2.18. The minimum absolute atomic E-state index is 0.0352. The van der Waals surface area contributed by atoms with E-state index in [-0.39, 0.29) is 37.0 Å². The van der Waals surface area contributed by atoms with Crippen LogP contribution in [0.2, 0.25) is 0 Å². The number of halogens is 1. The van der Waals surface area contributed by atoms with Gasteiger partial charge in [0.05, 0.1) is 4.90 Å². The Bertz CT molecular complexity index is 1170. The molecule has 0 atom stereocenters. The summed E-state index contributed by atoms with van der Waals surface area (Å²) in [6, 6.07) is 11.5. The second kappa shape index (κ2) is 7.68. The fourth-order valence-electron chi connectivity index (χ4n) is 3.09. The highest BCUT2D eigenvalue weighted by Gasteiger charge is 2.28. The van der Waals surface area contributed by atoms with Gasteiger partial charge in [0, 0.05) is 31.4 Å². The van der Waals surface area contributed by atoms with E-state index in [0.29, 0.717) is 16.3 Å². The van der Waals surface area contributed by atoms with E-state index < -0.39 is 15.8 Å². The van der Waals surface area contributed by atoms with Crippen molar-refractivity contribution in [2.75, 3.05) is 26.2 Å². The van der Waals surface area contributed by atoms with Gasteiger partial charge in [0.25, 0.3) is 0 Å². The van der Waals surface area contributed by atoms with E-state index in [0.717, 1.165) is 12.1 Å². The Morgan fingerprint density at radius 2 is 1.48 bits per heavy atom. The van der Waals surface area contributed by atoms with Gasteiger partial charge in [-0.05, 0) is 45.8 Å². The van der Waals surface area contributed by atoms with Crippen LogP contribution in [0.15, 0.2) is 74.1 Å². The zero-order chi connectivity index (χ0) is 20.4. The van der Waals surface area contributed by atoms with Crippen LogP contribution in [0, 0.1) is 5.82 Å². The van der Waals surface area contributed by atoms with Gasteiger partial charge in [0.15, 0.2) is 0 Å². The minimum atomic E-state index is -3.72. The minimum Gasteiger partial charge on any atom is -0.860 e. The molecule has 1 fully saturated rings. The molecule has 0 unspecified atom stereocenters. The van der Waals surface area contributed by atoms with Gasteiger partial charge in [0.1, 0.15) is 5.82 Å². The van der Waals surface area contributed by atoms with Gasteiger partial charge in [-0.3, -0.25) is 0 Å². The van der Waals surface area contributed by atoms with Crippen LogP contribution >= 0.6 is 0 Å². The Morgan fingerprint density at radius 1 is 0.897 bits per heavy atom. The molecule has 0 amide bonds. The molecule has 0 spiro atoms. The molecule has 29 heavy (non-hydrogen) atoms. The first-order valence-electron chi connectivity index (χ1n) is 8.79. The quantitative estimate of drug-likeness (QED) is 0.710. The van der Waals surface area contributed by atoms with E-state index in [1.165, 1.54) is 16.4 Å². The predicted octanol–water partition coefficient (Wildman–Crippen LogP) is 0.157. The third-order valence-electron chi connectivity index (χ3n) is 4.69. The molecule has 11 heteroatoms. The lowest BCUT2D eigenvalue weighted by Gasteiger charge is -2.39. The zero-order valence-electron chi connectivity index (χ0n) is 15.1. The summed E-state index contributed by atoms with van der Waals surface area (Å²) in [6.07, 6.45) is 0. The molecule has 0 bridgehead atoms. The first kappa shape index (κ1) is 19.2. The molecular weight excluding hydrogens is 399 g/mol. The van der Waals surface area contributed by atoms with Crippen LogP contribution in [-0.4, -0.2) is 43.8 Å². The summed E-state index contributed by atoms with van der Waals surface area (Å²) < 4.78 is 39.7. The Morgan fingerprint density at radius 3 is 2.07 bits per heavy atom. The van der Waals surface area contributed by atoms with Gasteiger partial charge >= 0.3 is 0 Å². The highest BCUT2D eigenvalue weighted by atomic mass is 32.2. The van der Waals surface area contributed by atoms with E-state index in [4.69, 9.17) is 0 Å². The molecule has 9 nitrogen and oxygen atoms in total. The van der Waals surface area contributed by atoms with Crippen molar-refractivity contribution in [3.05, 3.63) is 64.8 Å². The number of hydrogen-bond donors (Lipinski definition) is 0. The summed E-state index contributed by atoms with van der Waals surface area (Å²) in [6.45, 7) is 0.867. The van der Waals surface area contributed by atoms with Gasteiger partial charge < -0.3 is 10.0 Å². The van der Waals surface area contributed by atoms with Crippen LogP contribution in [0.3, 0.4) is 0 Å². The van der Waals surface area contributed by atoms with Gasteiger partial charge in [-0.15, -0.1) is 10.2 Å². The average Bonchev–Trinajstić information content (AvgIpc) is 3.29. The molecule has 0 aliphatic carbocycles. The molecule has 2 aliphatic rings. The summed E-state index contributed by atoms with van der Waals surface area (Å²) in [5, 5.41) is 28.3. The van der Waals surface area contributed by atoms with Crippen LogP contribution in [0.4, 0.5) is 4.39 Å². The standard InChI is InChI=1S/C18H17FN6O3S/c19-15-5-7-16(8-6-15)29(27,28)25-11-9-24(10-12-25)18(26)14-3-1-13(2-4-14)17-20-22-23-21-17/h1-8,26H,9-12H2/p-1. The van der Waals surface area contributed by atoms with Gasteiger partial charge in [0.2, 0.25) is 15.8 Å². The molecule has 2 aromatic carbocycles. The fourth-order valence-corrected chi connectivity index (χ4v) is 4.51. The Labute approximate surface area is 165 Å². The maximum Gasteiger partial charge on any atom is 0.243 e. The van der Waals surface area contributed by atoms with E-state index in [1.54, 1.807) is 29.2 Å². The monoisotopic (exact) mass is 415 g/mol. The van der Waals surface area contributed by atoms with Crippen LogP contribution in [0.25, 0.3) is 11.7 Å². The number of benzene rings is 2. The maximum absolute atomic E-state index is 13.1. The third kappa shape index (κ3) is 3.87. The van der Waals surface area contributed by atoms with Gasteiger partial charge in [-0.25, -0.2) is 12.8 Å². The molecule has 150 valence electrons. The fraction of sp³-hybridized carbons (Fsp3) is 0.222. The van der Waals surface area contributed by atoms with Gasteiger partial charge in [-0.1, -0.05) is 24.3 Å². The van der Waals surface area contributed by atoms with Crippen molar-refractivity contribution in [3.8, 4) is 0 Å². The van der Waals surface area contributed by atoms with Crippen molar-refractivity contribution >= 4 is 21.7 Å². The second-order valence-electron chi connectivity index (χ2n) is 6.43. The molecule has 0 aromatic heterocycles. The van der Waals surface area contributed by atoms with Crippen molar-refractivity contribution in [2.45, 2.75) is 4.90 Å². The lowest BCUT2D eigenvalue weighted by molar-refractivity contribution is -0.273. The Kier molecular flexibility index (Phi) is 5.07. The van der Waals surface area contributed by atoms with E-state index >= 15 is 0 Å². The van der Waals surface area contributed by atoms with Crippen LogP contribution in [-0.2, 0) is 10.0 Å². The van der Waals surface area contributed by atoms with Crippen LogP contribution in [0.5, 0.6) is 0 Å². The zero-order valence-corrected chi connectivity index (χ0v) is 16.0. The van der Waals surface area contributed by atoms with E-state index in [2.05, 4.69) is 20.7 Å². The van der Waals surface area contributed by atoms with Crippen molar-refractivity contribution in [3.63, 3.8) is 0 Å². The molecule has 2 aromatic rings. The number of sulfonamides is 1. The van der Waals surface area contributed by atoms with Gasteiger partial charge in [-0.2, -0.15) is 4.31 Å². The third-order valence-corrected chi connectivity index (χ3v) is 6.60. The van der Waals surface area contributed by atoms with E-state index in [9.17, 15) is 17.9 Å². The predicted molar refractivity (Wildman–Crippen MR) is 99.0 cm³/mol. The summed E-state index contributed by atoms with van der Waals surface area (Å²) in [7, 11) is -3.72. The molecule has 0 radical (unpaired) electrons. The highest BCUT2D eigenvalue weighted by molar-refractivity contribution is 7.89. The van der Waals surface area contributed by atoms with E-state index in [1.807, 2.05) is 0 Å². The average molecular weight is 415 g/mol. The molecule has 4 rings (SSSR count). The largest absolute Gasteiger partial charge is 0.860 e. The normalized spacial score (nSPS) is 17.1.